The number of amides is 1. The van der Waals surface area contributed by atoms with E-state index in [4.69, 9.17) is 5.11 Å². The molecular formula is C15H27NO2. The van der Waals surface area contributed by atoms with Crippen molar-refractivity contribution in [3.63, 3.8) is 0 Å². The number of carbonyl (C=O) groups is 1. The standard InChI is InChI=1S/C15H27NO2/c1-14(2)12(15(14,3)4)13(18)16-9-6-5-7-11(16)8-10-17/h11-12,17H,5-10H2,1-4H3. The van der Waals surface area contributed by atoms with Crippen LogP contribution in [0.3, 0.4) is 0 Å². The van der Waals surface area contributed by atoms with E-state index < -0.39 is 0 Å². The Balaban J connectivity index is 2.08. The normalized spacial score (nSPS) is 30.3. The van der Waals surface area contributed by atoms with Crippen LogP contribution in [0.5, 0.6) is 0 Å². The van der Waals surface area contributed by atoms with Crippen molar-refractivity contribution in [1.29, 1.82) is 0 Å². The first kappa shape index (κ1) is 13.9. The third-order valence-electron chi connectivity index (χ3n) is 5.64. The summed E-state index contributed by atoms with van der Waals surface area (Å²) in [6.07, 6.45) is 4.09. The van der Waals surface area contributed by atoms with Crippen LogP contribution in [0.1, 0.15) is 53.4 Å². The van der Waals surface area contributed by atoms with Crippen LogP contribution < -0.4 is 0 Å². The Bertz CT molecular complexity index is 319. The maximum absolute atomic E-state index is 12.7. The average molecular weight is 253 g/mol. The monoisotopic (exact) mass is 253 g/mol. The van der Waals surface area contributed by atoms with Crippen molar-refractivity contribution in [3.8, 4) is 0 Å². The topological polar surface area (TPSA) is 40.5 Å². The Kier molecular flexibility index (Phi) is 3.48. The fourth-order valence-electron chi connectivity index (χ4n) is 3.72. The number of nitrogens with zero attached hydrogens (tertiary/aromatic N) is 1. The van der Waals surface area contributed by atoms with E-state index in [1.54, 1.807) is 0 Å². The molecule has 1 amide bonds. The summed E-state index contributed by atoms with van der Waals surface area (Å²) in [6.45, 7) is 9.85. The first-order valence-electron chi connectivity index (χ1n) is 7.25. The van der Waals surface area contributed by atoms with Crippen LogP contribution in [0.15, 0.2) is 0 Å². The van der Waals surface area contributed by atoms with Gasteiger partial charge in [0.15, 0.2) is 0 Å². The predicted molar refractivity (Wildman–Crippen MR) is 72.1 cm³/mol. The van der Waals surface area contributed by atoms with Gasteiger partial charge in [-0.2, -0.15) is 0 Å². The van der Waals surface area contributed by atoms with Gasteiger partial charge in [0.1, 0.15) is 0 Å². The highest BCUT2D eigenvalue weighted by atomic mass is 16.3. The zero-order chi connectivity index (χ0) is 13.6. The van der Waals surface area contributed by atoms with Crippen LogP contribution in [0.4, 0.5) is 0 Å². The molecule has 1 N–H and O–H groups in total. The molecule has 3 heteroatoms. The van der Waals surface area contributed by atoms with Crippen LogP contribution in [0.2, 0.25) is 0 Å². The molecule has 2 rings (SSSR count). The lowest BCUT2D eigenvalue weighted by molar-refractivity contribution is -0.137. The Morgan fingerprint density at radius 3 is 2.33 bits per heavy atom. The van der Waals surface area contributed by atoms with E-state index in [0.29, 0.717) is 5.91 Å². The average Bonchev–Trinajstić information content (AvgIpc) is 2.70. The van der Waals surface area contributed by atoms with Gasteiger partial charge in [-0.25, -0.2) is 0 Å². The van der Waals surface area contributed by atoms with Crippen molar-refractivity contribution < 1.29 is 9.90 Å². The number of aliphatic hydroxyl groups is 1. The molecule has 2 fully saturated rings. The van der Waals surface area contributed by atoms with Crippen molar-refractivity contribution in [2.75, 3.05) is 13.2 Å². The first-order chi connectivity index (χ1) is 8.34. The molecular weight excluding hydrogens is 226 g/mol. The quantitative estimate of drug-likeness (QED) is 0.839. The molecule has 3 nitrogen and oxygen atoms in total. The molecule has 1 aliphatic heterocycles. The first-order valence-corrected chi connectivity index (χ1v) is 7.25. The molecule has 1 unspecified atom stereocenters. The smallest absolute Gasteiger partial charge is 0.227 e. The molecule has 18 heavy (non-hydrogen) atoms. The Labute approximate surface area is 111 Å². The van der Waals surface area contributed by atoms with E-state index in [9.17, 15) is 4.79 Å². The lowest BCUT2D eigenvalue weighted by atomic mass is 9.98. The van der Waals surface area contributed by atoms with Crippen LogP contribution in [-0.2, 0) is 4.79 Å². The minimum atomic E-state index is 0.116. The second-order valence-electron chi connectivity index (χ2n) is 7.07. The van der Waals surface area contributed by atoms with E-state index in [1.165, 1.54) is 6.42 Å². The van der Waals surface area contributed by atoms with E-state index in [-0.39, 0.29) is 29.4 Å². The number of aliphatic hydroxyl groups excluding tert-OH is 1. The van der Waals surface area contributed by atoms with Gasteiger partial charge >= 0.3 is 0 Å². The fourth-order valence-corrected chi connectivity index (χ4v) is 3.72. The molecule has 1 atom stereocenters. The predicted octanol–water partition coefficient (Wildman–Crippen LogP) is 2.43. The van der Waals surface area contributed by atoms with Crippen LogP contribution >= 0.6 is 0 Å². The summed E-state index contributed by atoms with van der Waals surface area (Å²) in [5.41, 5.74) is 0.233. The van der Waals surface area contributed by atoms with Gasteiger partial charge in [-0.3, -0.25) is 4.79 Å². The van der Waals surface area contributed by atoms with Gasteiger partial charge in [0.2, 0.25) is 5.91 Å². The largest absolute Gasteiger partial charge is 0.396 e. The minimum absolute atomic E-state index is 0.116. The van der Waals surface area contributed by atoms with Crippen molar-refractivity contribution >= 4 is 5.91 Å². The lowest BCUT2D eigenvalue weighted by Crippen LogP contribution is -2.45. The molecule has 0 bridgehead atoms. The molecule has 1 saturated carbocycles. The number of likely N-dealkylation sites (tertiary alicyclic amines) is 1. The van der Waals surface area contributed by atoms with E-state index in [2.05, 4.69) is 32.6 Å². The van der Waals surface area contributed by atoms with E-state index >= 15 is 0 Å². The maximum atomic E-state index is 12.7. The second kappa shape index (κ2) is 4.52. The Morgan fingerprint density at radius 1 is 1.22 bits per heavy atom. The summed E-state index contributed by atoms with van der Waals surface area (Å²) in [6, 6.07) is 0.267. The zero-order valence-electron chi connectivity index (χ0n) is 12.2. The summed E-state index contributed by atoms with van der Waals surface area (Å²) < 4.78 is 0. The number of hydrogen-bond donors (Lipinski definition) is 1. The summed E-state index contributed by atoms with van der Waals surface area (Å²) in [5.74, 6) is 0.479. The minimum Gasteiger partial charge on any atom is -0.396 e. The Hall–Kier alpha value is -0.570. The molecule has 1 aliphatic carbocycles. The molecule has 104 valence electrons. The van der Waals surface area contributed by atoms with E-state index in [0.717, 1.165) is 25.8 Å². The van der Waals surface area contributed by atoms with Gasteiger partial charge in [0, 0.05) is 25.1 Å². The van der Waals surface area contributed by atoms with Crippen molar-refractivity contribution in [2.45, 2.75) is 59.4 Å². The molecule has 1 heterocycles. The number of piperidine rings is 1. The summed E-state index contributed by atoms with van der Waals surface area (Å²) in [5, 5.41) is 9.14. The SMILES string of the molecule is CC1(C)C(C(=O)N2CCCCC2CCO)C1(C)C. The molecule has 0 radical (unpaired) electrons. The maximum Gasteiger partial charge on any atom is 0.227 e. The van der Waals surface area contributed by atoms with Gasteiger partial charge in [-0.05, 0) is 36.5 Å². The van der Waals surface area contributed by atoms with Crippen LogP contribution in [0, 0.1) is 16.7 Å². The van der Waals surface area contributed by atoms with Crippen molar-refractivity contribution in [3.05, 3.63) is 0 Å². The van der Waals surface area contributed by atoms with Gasteiger partial charge < -0.3 is 10.0 Å². The van der Waals surface area contributed by atoms with Gasteiger partial charge in [0.05, 0.1) is 0 Å². The zero-order valence-corrected chi connectivity index (χ0v) is 12.2. The number of hydrogen-bond acceptors (Lipinski definition) is 2. The van der Waals surface area contributed by atoms with Crippen molar-refractivity contribution in [1.82, 2.24) is 4.90 Å². The Morgan fingerprint density at radius 2 is 1.83 bits per heavy atom. The third-order valence-corrected chi connectivity index (χ3v) is 5.64. The second-order valence-corrected chi connectivity index (χ2v) is 7.07. The summed E-state index contributed by atoms with van der Waals surface area (Å²) >= 11 is 0. The van der Waals surface area contributed by atoms with Crippen molar-refractivity contribution in [2.24, 2.45) is 16.7 Å². The third kappa shape index (κ3) is 1.97. The molecule has 2 aliphatic rings. The molecule has 0 aromatic carbocycles. The van der Waals surface area contributed by atoms with Gasteiger partial charge in [-0.15, -0.1) is 0 Å². The van der Waals surface area contributed by atoms with Crippen LogP contribution in [0.25, 0.3) is 0 Å². The van der Waals surface area contributed by atoms with Gasteiger partial charge in [0.25, 0.3) is 0 Å². The molecule has 1 saturated heterocycles. The molecule has 0 aromatic heterocycles. The highest BCUT2D eigenvalue weighted by molar-refractivity contribution is 5.84. The number of carbonyl (C=O) groups excluding carboxylic acids is 1. The highest BCUT2D eigenvalue weighted by Crippen LogP contribution is 2.69. The lowest BCUT2D eigenvalue weighted by Gasteiger charge is -2.36. The highest BCUT2D eigenvalue weighted by Gasteiger charge is 2.69. The van der Waals surface area contributed by atoms with Crippen LogP contribution in [-0.4, -0.2) is 35.1 Å². The molecule has 0 aromatic rings. The summed E-state index contributed by atoms with van der Waals surface area (Å²) in [4.78, 5) is 14.8. The number of rotatable bonds is 3. The molecule has 0 spiro atoms. The fraction of sp³-hybridized carbons (Fsp3) is 0.933. The van der Waals surface area contributed by atoms with E-state index in [1.807, 2.05) is 0 Å². The summed E-state index contributed by atoms with van der Waals surface area (Å²) in [7, 11) is 0. The van der Waals surface area contributed by atoms with Gasteiger partial charge in [-0.1, -0.05) is 27.7 Å².